The summed E-state index contributed by atoms with van der Waals surface area (Å²) in [6.07, 6.45) is -6.95. The van der Waals surface area contributed by atoms with Crippen LogP contribution in [0, 0.1) is 0 Å². The predicted molar refractivity (Wildman–Crippen MR) is 146 cm³/mol. The van der Waals surface area contributed by atoms with Gasteiger partial charge in [-0.15, -0.1) is 31.4 Å². The summed E-state index contributed by atoms with van der Waals surface area (Å²) in [5.74, 6) is 0.0674. The molecule has 214 valence electrons. The molecule has 0 aliphatic carbocycles. The molecule has 0 atom stereocenters. The van der Waals surface area contributed by atoms with Gasteiger partial charge in [0.2, 0.25) is 0 Å². The van der Waals surface area contributed by atoms with Crippen molar-refractivity contribution in [1.29, 1.82) is 0 Å². The topological polar surface area (TPSA) is 97.2 Å². The quantitative estimate of drug-likeness (QED) is 0.139. The molecule has 1 aliphatic rings. The molecule has 1 aliphatic heterocycles. The van der Waals surface area contributed by atoms with Crippen LogP contribution < -0.4 is 20.1 Å². The zero-order valence-corrected chi connectivity index (χ0v) is 21.6. The van der Waals surface area contributed by atoms with Crippen molar-refractivity contribution >= 4 is 46.7 Å². The fraction of sp³-hybridized carbons (Fsp3) is 0.154. The average Bonchev–Trinajstić information content (AvgIpc) is 3.37. The van der Waals surface area contributed by atoms with Crippen molar-refractivity contribution in [2.24, 2.45) is 25.9 Å². The van der Waals surface area contributed by atoms with Gasteiger partial charge in [0.05, 0.1) is 17.6 Å². The van der Waals surface area contributed by atoms with Gasteiger partial charge in [0, 0.05) is 17.9 Å². The van der Waals surface area contributed by atoms with Crippen LogP contribution in [-0.2, 0) is 0 Å². The molecule has 0 aromatic heterocycles. The highest BCUT2D eigenvalue weighted by molar-refractivity contribution is 8.14. The Kier molecular flexibility index (Phi) is 9.17. The highest BCUT2D eigenvalue weighted by atomic mass is 32.2. The van der Waals surface area contributed by atoms with Gasteiger partial charge in [0.25, 0.3) is 0 Å². The molecule has 0 radical (unpaired) electrons. The number of ether oxygens (including phenoxy) is 2. The molecule has 15 heteroatoms. The molecule has 0 unspecified atom stereocenters. The SMILES string of the molecule is NC(=NC=Nc1ccc(OC(F)(F)F)cc1)c1ccc(/C=N/N=C2\SCCN2c2ccccc2OC(F)(F)F)cc1. The number of hydrogen-bond acceptors (Lipinski definition) is 6. The van der Waals surface area contributed by atoms with Gasteiger partial charge in [-0.25, -0.2) is 9.98 Å². The third-order valence-electron chi connectivity index (χ3n) is 5.19. The monoisotopic (exact) mass is 594 g/mol. The molecule has 41 heavy (non-hydrogen) atoms. The fourth-order valence-corrected chi connectivity index (χ4v) is 4.36. The highest BCUT2D eigenvalue weighted by Gasteiger charge is 2.34. The lowest BCUT2D eigenvalue weighted by Crippen LogP contribution is -2.26. The summed E-state index contributed by atoms with van der Waals surface area (Å²) < 4.78 is 83.1. The number of thioether (sulfide) groups is 1. The van der Waals surface area contributed by atoms with Crippen molar-refractivity contribution in [1.82, 2.24) is 0 Å². The van der Waals surface area contributed by atoms with Gasteiger partial charge in [-0.3, -0.25) is 0 Å². The average molecular weight is 595 g/mol. The van der Waals surface area contributed by atoms with E-state index in [0.29, 0.717) is 34.3 Å². The predicted octanol–water partition coefficient (Wildman–Crippen LogP) is 6.49. The molecule has 2 N–H and O–H groups in total. The molecular weight excluding hydrogens is 574 g/mol. The normalized spacial score (nSPS) is 15.8. The Balaban J connectivity index is 1.37. The molecule has 0 amide bonds. The number of alkyl halides is 6. The molecule has 1 fully saturated rings. The van der Waals surface area contributed by atoms with E-state index in [4.69, 9.17) is 5.73 Å². The third-order valence-corrected chi connectivity index (χ3v) is 6.14. The number of aliphatic imine (C=N–C) groups is 2. The molecule has 1 heterocycles. The maximum atomic E-state index is 12.8. The van der Waals surface area contributed by atoms with E-state index in [9.17, 15) is 26.3 Å². The molecule has 8 nitrogen and oxygen atoms in total. The largest absolute Gasteiger partial charge is 0.573 e. The summed E-state index contributed by atoms with van der Waals surface area (Å²) in [6, 6.07) is 17.5. The Morgan fingerprint density at radius 2 is 1.56 bits per heavy atom. The van der Waals surface area contributed by atoms with Gasteiger partial charge in [-0.1, -0.05) is 48.2 Å². The first-order valence-corrected chi connectivity index (χ1v) is 12.6. The first kappa shape index (κ1) is 29.5. The van der Waals surface area contributed by atoms with E-state index in [0.717, 1.165) is 12.1 Å². The van der Waals surface area contributed by atoms with Crippen LogP contribution in [-0.4, -0.2) is 48.6 Å². The molecule has 0 saturated carbocycles. The molecule has 0 spiro atoms. The van der Waals surface area contributed by atoms with E-state index >= 15 is 0 Å². The third kappa shape index (κ3) is 8.99. The van der Waals surface area contributed by atoms with Gasteiger partial charge in [-0.2, -0.15) is 5.10 Å². The van der Waals surface area contributed by atoms with Crippen molar-refractivity contribution < 1.29 is 35.8 Å². The highest BCUT2D eigenvalue weighted by Crippen LogP contribution is 2.36. The Morgan fingerprint density at radius 3 is 2.24 bits per heavy atom. The van der Waals surface area contributed by atoms with Crippen molar-refractivity contribution in [3.05, 3.63) is 83.9 Å². The second kappa shape index (κ2) is 12.8. The number of hydrogen-bond donors (Lipinski definition) is 1. The number of benzene rings is 3. The van der Waals surface area contributed by atoms with E-state index in [2.05, 4.69) is 29.7 Å². The van der Waals surface area contributed by atoms with Crippen molar-refractivity contribution in [2.45, 2.75) is 12.7 Å². The smallest absolute Gasteiger partial charge is 0.406 e. The Morgan fingerprint density at radius 1 is 0.878 bits per heavy atom. The molecular formula is C26H20F6N6O2S. The van der Waals surface area contributed by atoms with Crippen molar-refractivity contribution in [3.63, 3.8) is 0 Å². The van der Waals surface area contributed by atoms with Gasteiger partial charge in [-0.05, 0) is 42.0 Å². The lowest BCUT2D eigenvalue weighted by Gasteiger charge is -2.21. The van der Waals surface area contributed by atoms with Crippen molar-refractivity contribution in [2.75, 3.05) is 17.2 Å². The van der Waals surface area contributed by atoms with Crippen LogP contribution in [0.15, 0.2) is 93.0 Å². The van der Waals surface area contributed by atoms with Crippen LogP contribution in [0.2, 0.25) is 0 Å². The number of para-hydroxylation sites is 2. The van der Waals surface area contributed by atoms with Crippen LogP contribution in [0.25, 0.3) is 0 Å². The van der Waals surface area contributed by atoms with E-state index in [-0.39, 0.29) is 23.0 Å². The summed E-state index contributed by atoms with van der Waals surface area (Å²) in [4.78, 5) is 9.66. The summed E-state index contributed by atoms with van der Waals surface area (Å²) >= 11 is 1.35. The lowest BCUT2D eigenvalue weighted by atomic mass is 10.1. The number of nitrogens with two attached hydrogens (primary N) is 1. The standard InChI is InChI=1S/C26H20F6N6O2S/c27-25(28,29)39-20-11-9-19(10-12-20)34-16-35-23(33)18-7-5-17(6-8-18)15-36-37-24-38(13-14-41-24)21-3-1-2-4-22(21)40-26(30,31)32/h1-12,15-16H,13-14H2,(H2,33,34,35)/b36-15+,37-24-. The van der Waals surface area contributed by atoms with Gasteiger partial charge in [0.15, 0.2) is 10.9 Å². The molecule has 3 aromatic carbocycles. The van der Waals surface area contributed by atoms with Crippen LogP contribution in [0.4, 0.5) is 37.7 Å². The Hall–Kier alpha value is -4.53. The number of halogens is 6. The number of amidine groups is 2. The van der Waals surface area contributed by atoms with Crippen LogP contribution in [0.1, 0.15) is 11.1 Å². The summed E-state index contributed by atoms with van der Waals surface area (Å²) in [5, 5.41) is 8.67. The van der Waals surface area contributed by atoms with Gasteiger partial charge >= 0.3 is 12.7 Å². The lowest BCUT2D eigenvalue weighted by molar-refractivity contribution is -0.275. The molecule has 0 bridgehead atoms. The molecule has 3 aromatic rings. The first-order valence-electron chi connectivity index (χ1n) is 11.6. The van der Waals surface area contributed by atoms with E-state index < -0.39 is 12.7 Å². The zero-order chi connectivity index (χ0) is 29.5. The zero-order valence-electron chi connectivity index (χ0n) is 20.8. The minimum absolute atomic E-state index is 0.146. The van der Waals surface area contributed by atoms with Crippen molar-refractivity contribution in [3.8, 4) is 11.5 Å². The minimum atomic E-state index is -4.82. The second-order valence-electron chi connectivity index (χ2n) is 8.07. The van der Waals surface area contributed by atoms with E-state index in [1.54, 1.807) is 35.2 Å². The first-order chi connectivity index (χ1) is 19.5. The molecule has 1 saturated heterocycles. The summed E-state index contributed by atoms with van der Waals surface area (Å²) in [6.45, 7) is 0.436. The second-order valence-corrected chi connectivity index (χ2v) is 9.13. The maximum Gasteiger partial charge on any atom is 0.573 e. The van der Waals surface area contributed by atoms with E-state index in [1.165, 1.54) is 54.6 Å². The van der Waals surface area contributed by atoms with Gasteiger partial charge in [0.1, 0.15) is 17.9 Å². The van der Waals surface area contributed by atoms with Crippen LogP contribution in [0.3, 0.4) is 0 Å². The summed E-state index contributed by atoms with van der Waals surface area (Å²) in [7, 11) is 0. The number of rotatable bonds is 8. The Bertz CT molecular complexity index is 1460. The number of anilines is 1. The van der Waals surface area contributed by atoms with Crippen LogP contribution >= 0.6 is 11.8 Å². The fourth-order valence-electron chi connectivity index (χ4n) is 3.45. The minimum Gasteiger partial charge on any atom is -0.406 e. The molecule has 4 rings (SSSR count). The Labute approximate surface area is 233 Å². The summed E-state index contributed by atoms with van der Waals surface area (Å²) in [5.41, 5.74) is 7.81. The maximum absolute atomic E-state index is 12.8. The van der Waals surface area contributed by atoms with E-state index in [1.807, 2.05) is 0 Å². The van der Waals surface area contributed by atoms with Crippen LogP contribution in [0.5, 0.6) is 11.5 Å². The number of nitrogens with zero attached hydrogens (tertiary/aromatic N) is 5. The van der Waals surface area contributed by atoms with Gasteiger partial charge < -0.3 is 20.1 Å².